The standard InChI is InChI=1S/C21H22N2O3S/c1-4-23(20-22-15-9-5-6-11-17(15)27-20)18(24)13-25-16-10-7-8-14-12-21(2,3)26-19(14)16/h5-11H,4,12-13H2,1-3H3. The fourth-order valence-electron chi connectivity index (χ4n) is 3.31. The summed E-state index contributed by atoms with van der Waals surface area (Å²) in [6.07, 6.45) is 0.834. The number of hydrogen-bond acceptors (Lipinski definition) is 5. The Bertz CT molecular complexity index is 963. The highest BCUT2D eigenvalue weighted by molar-refractivity contribution is 7.22. The van der Waals surface area contributed by atoms with Gasteiger partial charge in [0.15, 0.2) is 23.2 Å². The van der Waals surface area contributed by atoms with Crippen molar-refractivity contribution in [1.82, 2.24) is 4.98 Å². The molecule has 1 amide bonds. The molecule has 140 valence electrons. The number of nitrogens with zero attached hydrogens (tertiary/aromatic N) is 2. The highest BCUT2D eigenvalue weighted by Crippen LogP contribution is 2.41. The minimum Gasteiger partial charge on any atom is -0.483 e. The van der Waals surface area contributed by atoms with Gasteiger partial charge in [-0.2, -0.15) is 0 Å². The third kappa shape index (κ3) is 3.49. The maximum absolute atomic E-state index is 12.8. The van der Waals surface area contributed by atoms with Crippen LogP contribution in [-0.4, -0.2) is 29.6 Å². The Hall–Kier alpha value is -2.60. The summed E-state index contributed by atoms with van der Waals surface area (Å²) in [7, 11) is 0. The third-order valence-electron chi connectivity index (χ3n) is 4.54. The SMILES string of the molecule is CCN(C(=O)COc1cccc2c1OC(C)(C)C2)c1nc2ccccc2s1. The number of rotatable bonds is 5. The Labute approximate surface area is 162 Å². The molecule has 0 aliphatic carbocycles. The molecule has 5 nitrogen and oxygen atoms in total. The normalized spacial score (nSPS) is 14.6. The Morgan fingerprint density at radius 1 is 1.26 bits per heavy atom. The van der Waals surface area contributed by atoms with Crippen molar-refractivity contribution >= 4 is 32.6 Å². The van der Waals surface area contributed by atoms with E-state index >= 15 is 0 Å². The van der Waals surface area contributed by atoms with E-state index in [1.165, 1.54) is 11.3 Å². The Morgan fingerprint density at radius 3 is 2.85 bits per heavy atom. The molecule has 2 aromatic carbocycles. The van der Waals surface area contributed by atoms with E-state index in [0.29, 0.717) is 17.4 Å². The van der Waals surface area contributed by atoms with Gasteiger partial charge in [0, 0.05) is 18.5 Å². The van der Waals surface area contributed by atoms with E-state index in [0.717, 1.165) is 28.0 Å². The van der Waals surface area contributed by atoms with E-state index in [1.807, 2.05) is 63.2 Å². The molecule has 0 saturated heterocycles. The molecule has 0 bridgehead atoms. The number of likely N-dealkylation sites (N-methyl/N-ethyl adjacent to an activating group) is 1. The van der Waals surface area contributed by atoms with Crippen molar-refractivity contribution in [2.45, 2.75) is 32.8 Å². The van der Waals surface area contributed by atoms with E-state index in [4.69, 9.17) is 9.47 Å². The lowest BCUT2D eigenvalue weighted by Gasteiger charge is -2.20. The van der Waals surface area contributed by atoms with Crippen LogP contribution in [0.2, 0.25) is 0 Å². The van der Waals surface area contributed by atoms with Crippen LogP contribution in [0.4, 0.5) is 5.13 Å². The molecular weight excluding hydrogens is 360 g/mol. The number of para-hydroxylation sites is 2. The quantitative estimate of drug-likeness (QED) is 0.655. The topological polar surface area (TPSA) is 51.7 Å². The molecule has 0 spiro atoms. The molecule has 1 aliphatic heterocycles. The lowest BCUT2D eigenvalue weighted by molar-refractivity contribution is -0.120. The summed E-state index contributed by atoms with van der Waals surface area (Å²) >= 11 is 1.51. The molecule has 27 heavy (non-hydrogen) atoms. The van der Waals surface area contributed by atoms with Gasteiger partial charge in [0.1, 0.15) is 5.60 Å². The van der Waals surface area contributed by atoms with E-state index < -0.39 is 0 Å². The molecular formula is C21H22N2O3S. The van der Waals surface area contributed by atoms with Crippen molar-refractivity contribution in [2.24, 2.45) is 0 Å². The second-order valence-corrected chi connectivity index (χ2v) is 8.18. The van der Waals surface area contributed by atoms with E-state index in [-0.39, 0.29) is 18.1 Å². The molecule has 0 fully saturated rings. The molecule has 0 saturated carbocycles. The first-order valence-electron chi connectivity index (χ1n) is 9.06. The van der Waals surface area contributed by atoms with Gasteiger partial charge in [-0.1, -0.05) is 35.6 Å². The molecule has 1 aliphatic rings. The van der Waals surface area contributed by atoms with Gasteiger partial charge in [-0.3, -0.25) is 9.69 Å². The number of carbonyl (C=O) groups excluding carboxylic acids is 1. The van der Waals surface area contributed by atoms with Gasteiger partial charge < -0.3 is 9.47 Å². The van der Waals surface area contributed by atoms with Crippen molar-refractivity contribution < 1.29 is 14.3 Å². The number of thiazole rings is 1. The van der Waals surface area contributed by atoms with Gasteiger partial charge in [0.25, 0.3) is 5.91 Å². The minimum atomic E-state index is -0.248. The third-order valence-corrected chi connectivity index (χ3v) is 5.60. The zero-order valence-corrected chi connectivity index (χ0v) is 16.5. The molecule has 0 N–H and O–H groups in total. The fraction of sp³-hybridized carbons (Fsp3) is 0.333. The molecule has 6 heteroatoms. The van der Waals surface area contributed by atoms with Crippen LogP contribution in [0.1, 0.15) is 26.3 Å². The van der Waals surface area contributed by atoms with Crippen LogP contribution >= 0.6 is 11.3 Å². The number of amides is 1. The van der Waals surface area contributed by atoms with Gasteiger partial charge >= 0.3 is 0 Å². The maximum atomic E-state index is 12.8. The van der Waals surface area contributed by atoms with Crippen molar-refractivity contribution in [3.05, 3.63) is 48.0 Å². The highest BCUT2D eigenvalue weighted by atomic mass is 32.1. The van der Waals surface area contributed by atoms with Crippen LogP contribution in [0, 0.1) is 0 Å². The molecule has 3 aromatic rings. The predicted octanol–water partition coefficient (Wildman–Crippen LogP) is 4.44. The molecule has 0 unspecified atom stereocenters. The average Bonchev–Trinajstić information content (AvgIpc) is 3.19. The van der Waals surface area contributed by atoms with E-state index in [9.17, 15) is 4.79 Å². The summed E-state index contributed by atoms with van der Waals surface area (Å²) in [6, 6.07) is 13.7. The van der Waals surface area contributed by atoms with Crippen LogP contribution in [0.25, 0.3) is 10.2 Å². The monoisotopic (exact) mass is 382 g/mol. The summed E-state index contributed by atoms with van der Waals surface area (Å²) in [5.41, 5.74) is 1.77. The van der Waals surface area contributed by atoms with Crippen molar-refractivity contribution in [2.75, 3.05) is 18.1 Å². The number of benzene rings is 2. The minimum absolute atomic E-state index is 0.0516. The molecule has 0 radical (unpaired) electrons. The Kier molecular flexibility index (Phi) is 4.52. The van der Waals surface area contributed by atoms with Crippen molar-refractivity contribution in [1.29, 1.82) is 0 Å². The first-order valence-corrected chi connectivity index (χ1v) is 9.88. The second kappa shape index (κ2) is 6.85. The van der Waals surface area contributed by atoms with Crippen LogP contribution in [0.15, 0.2) is 42.5 Å². The molecule has 1 aromatic heterocycles. The van der Waals surface area contributed by atoms with E-state index in [2.05, 4.69) is 4.98 Å². The fourth-order valence-corrected chi connectivity index (χ4v) is 4.36. The second-order valence-electron chi connectivity index (χ2n) is 7.17. The number of anilines is 1. The van der Waals surface area contributed by atoms with Crippen LogP contribution in [-0.2, 0) is 11.2 Å². The molecule has 2 heterocycles. The lowest BCUT2D eigenvalue weighted by Crippen LogP contribution is -2.34. The predicted molar refractivity (Wildman–Crippen MR) is 108 cm³/mol. The van der Waals surface area contributed by atoms with Crippen LogP contribution in [0.3, 0.4) is 0 Å². The van der Waals surface area contributed by atoms with Gasteiger partial charge in [0.2, 0.25) is 0 Å². The summed E-state index contributed by atoms with van der Waals surface area (Å²) in [4.78, 5) is 19.0. The first kappa shape index (κ1) is 17.8. The average molecular weight is 382 g/mol. The molecule has 0 atom stereocenters. The van der Waals surface area contributed by atoms with E-state index in [1.54, 1.807) is 4.90 Å². The van der Waals surface area contributed by atoms with Gasteiger partial charge in [-0.15, -0.1) is 0 Å². The first-order chi connectivity index (χ1) is 13.0. The van der Waals surface area contributed by atoms with Crippen LogP contribution in [0.5, 0.6) is 11.5 Å². The largest absolute Gasteiger partial charge is 0.483 e. The Balaban J connectivity index is 1.50. The van der Waals surface area contributed by atoms with Crippen LogP contribution < -0.4 is 14.4 Å². The van der Waals surface area contributed by atoms with Crippen molar-refractivity contribution in [3.63, 3.8) is 0 Å². The number of aromatic nitrogens is 1. The smallest absolute Gasteiger partial charge is 0.266 e. The van der Waals surface area contributed by atoms with Crippen molar-refractivity contribution in [3.8, 4) is 11.5 Å². The molecule has 4 rings (SSSR count). The van der Waals surface area contributed by atoms with Gasteiger partial charge in [-0.05, 0) is 39.0 Å². The van der Waals surface area contributed by atoms with Gasteiger partial charge in [-0.25, -0.2) is 4.98 Å². The highest BCUT2D eigenvalue weighted by Gasteiger charge is 2.32. The number of ether oxygens (including phenoxy) is 2. The number of carbonyl (C=O) groups is 1. The number of hydrogen-bond donors (Lipinski definition) is 0. The lowest BCUT2D eigenvalue weighted by atomic mass is 10.0. The zero-order valence-electron chi connectivity index (χ0n) is 15.7. The van der Waals surface area contributed by atoms with Gasteiger partial charge in [0.05, 0.1) is 10.2 Å². The summed E-state index contributed by atoms with van der Waals surface area (Å²) in [6.45, 7) is 6.53. The zero-order chi connectivity index (χ0) is 19.0. The summed E-state index contributed by atoms with van der Waals surface area (Å²) in [5, 5.41) is 0.697. The maximum Gasteiger partial charge on any atom is 0.266 e. The summed E-state index contributed by atoms with van der Waals surface area (Å²) < 4.78 is 12.9. The Morgan fingerprint density at radius 2 is 2.07 bits per heavy atom. The number of fused-ring (bicyclic) bond motifs is 2. The summed E-state index contributed by atoms with van der Waals surface area (Å²) in [5.74, 6) is 1.25.